The normalized spacial score (nSPS) is 11.7. The number of nitrogens with zero attached hydrogens (tertiary/aromatic N) is 2. The van der Waals surface area contributed by atoms with Gasteiger partial charge in [-0.05, 0) is 136 Å². The summed E-state index contributed by atoms with van der Waals surface area (Å²) in [4.78, 5) is 9.51. The van der Waals surface area contributed by atoms with Crippen LogP contribution < -0.4 is 0 Å². The maximum atomic E-state index is 16.3. The topological polar surface area (TPSA) is 25.8 Å². The van der Waals surface area contributed by atoms with Gasteiger partial charge >= 0.3 is 0 Å². The van der Waals surface area contributed by atoms with Crippen molar-refractivity contribution in [2.75, 3.05) is 0 Å². The molecule has 0 saturated heterocycles. The van der Waals surface area contributed by atoms with Crippen molar-refractivity contribution in [3.8, 4) is 56.0 Å². The van der Waals surface area contributed by atoms with Crippen molar-refractivity contribution < 1.29 is 48.3 Å². The number of fused-ring (bicyclic) bond motifs is 4. The molecule has 0 saturated carbocycles. The largest absolute Gasteiger partial charge is 0.248 e. The monoisotopic (exact) mass is 980 g/mol. The Bertz CT molecular complexity index is 3370. The van der Waals surface area contributed by atoms with E-state index < -0.39 is 101 Å². The van der Waals surface area contributed by atoms with E-state index in [2.05, 4.69) is 29.5 Å². The highest BCUT2D eigenvalue weighted by Crippen LogP contribution is 2.42. The third-order valence-electron chi connectivity index (χ3n) is 12.3. The molecule has 0 N–H and O–H groups in total. The zero-order chi connectivity index (χ0) is 51.4. The average Bonchev–Trinajstić information content (AvgIpc) is 4.02. The lowest BCUT2D eigenvalue weighted by Gasteiger charge is -2.15. The van der Waals surface area contributed by atoms with Gasteiger partial charge in [0.05, 0.1) is 28.3 Å². The maximum Gasteiger partial charge on any atom is 0.198 e. The summed E-state index contributed by atoms with van der Waals surface area (Å²) in [5.41, 5.74) is 1.10. The highest BCUT2D eigenvalue weighted by molar-refractivity contribution is 6.64. The highest BCUT2D eigenvalue weighted by Gasteiger charge is 2.30. The van der Waals surface area contributed by atoms with Crippen LogP contribution in [0.25, 0.3) is 68.8 Å². The number of halogens is 11. The van der Waals surface area contributed by atoms with Crippen LogP contribution in [0, 0.1) is 131 Å². The van der Waals surface area contributed by atoms with Gasteiger partial charge < -0.3 is 0 Å². The Morgan fingerprint density at radius 2 is 0.671 bits per heavy atom. The molecule has 1 aromatic heterocycles. The smallest absolute Gasteiger partial charge is 0.198 e. The second kappa shape index (κ2) is 19.7. The quantitative estimate of drug-likeness (QED) is 0.0577. The summed E-state index contributed by atoms with van der Waals surface area (Å²) < 4.78 is 171. The van der Waals surface area contributed by atoms with Crippen LogP contribution in [0.4, 0.5) is 48.3 Å². The molecule has 70 heavy (non-hydrogen) atoms. The number of hydrogen-bond acceptors (Lipinski definition) is 2. The minimum atomic E-state index is -2.12. The first-order valence-corrected chi connectivity index (χ1v) is 24.8. The van der Waals surface area contributed by atoms with Crippen molar-refractivity contribution in [1.82, 2.24) is 9.97 Å². The van der Waals surface area contributed by atoms with Crippen molar-refractivity contribution >= 4 is 33.1 Å². The van der Waals surface area contributed by atoms with Gasteiger partial charge in [0.1, 0.15) is 14.6 Å². The van der Waals surface area contributed by atoms with Gasteiger partial charge in [-0.15, -0.1) is 5.54 Å². The molecule has 0 atom stereocenters. The minimum Gasteiger partial charge on any atom is -0.248 e. The molecule has 0 aliphatic carbocycles. The second-order valence-electron chi connectivity index (χ2n) is 17.4. The predicted molar refractivity (Wildman–Crippen MR) is 258 cm³/mol. The van der Waals surface area contributed by atoms with Gasteiger partial charge in [-0.1, -0.05) is 55.4 Å². The van der Waals surface area contributed by atoms with Crippen LogP contribution in [0.2, 0.25) is 13.1 Å². The number of hydrogen-bond donors (Lipinski definition) is 0. The fraction of sp³-hybridized carbons (Fsp3) is 0.179. The summed E-state index contributed by atoms with van der Waals surface area (Å²) in [6.45, 7) is 14.8. The molecule has 7 rings (SSSR count). The summed E-state index contributed by atoms with van der Waals surface area (Å²) in [5, 5.41) is 0. The molecule has 3 heterocycles. The van der Waals surface area contributed by atoms with Crippen molar-refractivity contribution in [1.29, 1.82) is 0 Å². The first-order chi connectivity index (χ1) is 33.0. The van der Waals surface area contributed by atoms with E-state index in [4.69, 9.17) is 4.98 Å². The minimum absolute atomic E-state index is 0.000295. The predicted octanol–water partition coefficient (Wildman–Crippen LogP) is 15.9. The summed E-state index contributed by atoms with van der Waals surface area (Å²) >= 11 is 0. The van der Waals surface area contributed by atoms with Gasteiger partial charge in [-0.25, -0.2) is 58.3 Å². The molecule has 14 heteroatoms. The molecule has 0 unspecified atom stereocenters. The zero-order valence-corrected chi connectivity index (χ0v) is 40.7. The van der Waals surface area contributed by atoms with Crippen LogP contribution in [0.5, 0.6) is 0 Å². The van der Waals surface area contributed by atoms with E-state index in [1.165, 1.54) is 65.0 Å². The molecule has 0 radical (unpaired) electrons. The van der Waals surface area contributed by atoms with Crippen LogP contribution in [0.1, 0.15) is 72.8 Å². The first kappa shape index (κ1) is 50.8. The number of rotatable bonds is 4. The fourth-order valence-corrected chi connectivity index (χ4v) is 8.87. The summed E-state index contributed by atoms with van der Waals surface area (Å²) in [7, 11) is -1.24. The van der Waals surface area contributed by atoms with Gasteiger partial charge in [0.15, 0.2) is 58.2 Å². The van der Waals surface area contributed by atoms with E-state index in [9.17, 15) is 8.78 Å². The van der Waals surface area contributed by atoms with E-state index in [-0.39, 0.29) is 61.6 Å². The Labute approximate surface area is 399 Å². The molecule has 2 aliphatic rings. The molecule has 0 fully saturated rings. The Kier molecular flexibility index (Phi) is 14.3. The van der Waals surface area contributed by atoms with Crippen LogP contribution in [0.3, 0.4) is 0 Å². The van der Waals surface area contributed by atoms with Crippen molar-refractivity contribution in [3.63, 3.8) is 0 Å². The fourth-order valence-electron chi connectivity index (χ4n) is 8.42. The van der Waals surface area contributed by atoms with Crippen LogP contribution in [-0.4, -0.2) is 18.8 Å². The third-order valence-corrected chi connectivity index (χ3v) is 13.1. The zero-order valence-electron chi connectivity index (χ0n) is 39.6. The molecule has 0 amide bonds. The van der Waals surface area contributed by atoms with E-state index >= 15 is 39.5 Å². The lowest BCUT2D eigenvalue weighted by Crippen LogP contribution is -2.05. The molecular formula is C56H43F11N2Si. The van der Waals surface area contributed by atoms with Gasteiger partial charge in [0.2, 0.25) is 0 Å². The Balaban J connectivity index is 1.76. The lowest BCUT2D eigenvalue weighted by atomic mass is 9.92. The van der Waals surface area contributed by atoms with Crippen LogP contribution in [-0.2, 0) is 0 Å². The first-order valence-electron chi connectivity index (χ1n) is 21.9. The van der Waals surface area contributed by atoms with E-state index in [0.29, 0.717) is 22.4 Å². The molecule has 5 aromatic rings. The van der Waals surface area contributed by atoms with Crippen molar-refractivity contribution in [3.05, 3.63) is 185 Å². The Morgan fingerprint density at radius 1 is 0.329 bits per heavy atom. The molecule has 0 spiro atoms. The molecular weight excluding hydrogens is 938 g/mol. The summed E-state index contributed by atoms with van der Waals surface area (Å²) in [5.74, 6) is -16.4. The van der Waals surface area contributed by atoms with Crippen LogP contribution in [0.15, 0.2) is 48.5 Å². The molecule has 2 aliphatic heterocycles. The van der Waals surface area contributed by atoms with Crippen LogP contribution >= 0.6 is 0 Å². The molecule has 4 aromatic carbocycles. The van der Waals surface area contributed by atoms with Gasteiger partial charge in [-0.2, -0.15) is 0 Å². The SMILES string of the molecule is Cc1ccc(C)c(-c2c(C)c(F)c(F)c(F)c2F)c2nc(c(-c3c(F)c(C)c(F)c(F)c3F)c(C)ccc(C)c(-c3c(C)c(C)c(F)c(F)c3F)c3nc(c1-c1ccc(C#C[SiH](C)C)cc1)C=C3)C=C2. The standard InChI is InChI=1S/C56H43F11N2Si/c1-25-11-12-27(3)41(44-31(7)48(59)55(66)56(67)51(44)62)37-21-22-38(69-37)42(45-46(57)32(8)49(60)54(65)52(45)63)28(4)14-13-26(2)40(43-29(5)30(6)47(58)53(64)50(43)61)36-20-19-35(68-36)39(25)34-17-15-33(16-18-34)23-24-70(9)10/h11-22,70H,1-10H3. The van der Waals surface area contributed by atoms with E-state index in [1.807, 2.05) is 24.3 Å². The Hall–Kier alpha value is -7.11. The Morgan fingerprint density at radius 3 is 1.13 bits per heavy atom. The number of aryl methyl sites for hydroxylation is 4. The molecule has 2 nitrogen and oxygen atoms in total. The van der Waals surface area contributed by atoms with Gasteiger partial charge in [0.25, 0.3) is 0 Å². The highest BCUT2D eigenvalue weighted by atomic mass is 28.3. The number of aromatic nitrogens is 2. The average molecular weight is 981 g/mol. The summed E-state index contributed by atoms with van der Waals surface area (Å²) in [6.07, 6.45) is 5.61. The van der Waals surface area contributed by atoms with E-state index in [1.54, 1.807) is 25.1 Å². The third kappa shape index (κ3) is 8.99. The van der Waals surface area contributed by atoms with Gasteiger partial charge in [-0.3, -0.25) is 0 Å². The molecule has 4 bridgehead atoms. The number of benzene rings is 4. The molecule has 358 valence electrons. The lowest BCUT2D eigenvalue weighted by molar-refractivity contribution is 0.407. The van der Waals surface area contributed by atoms with E-state index in [0.717, 1.165) is 19.4 Å². The van der Waals surface area contributed by atoms with Gasteiger partial charge in [0, 0.05) is 44.5 Å². The second-order valence-corrected chi connectivity index (χ2v) is 20.0. The maximum absolute atomic E-state index is 16.3. The summed E-state index contributed by atoms with van der Waals surface area (Å²) in [6, 6.07) is 13.0. The van der Waals surface area contributed by atoms with Crippen molar-refractivity contribution in [2.24, 2.45) is 0 Å². The van der Waals surface area contributed by atoms with Crippen molar-refractivity contribution in [2.45, 2.75) is 68.5 Å².